The standard InChI is InChI=1S/C10H6BrClN2O/c11-7-2-3-8(12)9(6-7)15-10-13-4-1-5-14-10/h1-6H. The maximum absolute atomic E-state index is 5.94. The first-order valence-electron chi connectivity index (χ1n) is 4.15. The molecule has 0 saturated heterocycles. The smallest absolute Gasteiger partial charge is 0.321 e. The molecule has 1 aromatic carbocycles. The van der Waals surface area contributed by atoms with Gasteiger partial charge in [-0.3, -0.25) is 0 Å². The lowest BCUT2D eigenvalue weighted by Gasteiger charge is -2.05. The van der Waals surface area contributed by atoms with Crippen LogP contribution in [0.3, 0.4) is 0 Å². The number of rotatable bonds is 2. The van der Waals surface area contributed by atoms with Gasteiger partial charge in [-0.15, -0.1) is 0 Å². The van der Waals surface area contributed by atoms with Crippen LogP contribution in [0.5, 0.6) is 11.8 Å². The van der Waals surface area contributed by atoms with E-state index in [1.54, 1.807) is 30.6 Å². The van der Waals surface area contributed by atoms with Gasteiger partial charge in [-0.1, -0.05) is 27.5 Å². The zero-order valence-electron chi connectivity index (χ0n) is 7.52. The monoisotopic (exact) mass is 284 g/mol. The SMILES string of the molecule is Clc1ccc(Br)cc1Oc1ncccn1. The lowest BCUT2D eigenvalue weighted by molar-refractivity contribution is 0.441. The molecule has 0 atom stereocenters. The molecule has 5 heteroatoms. The van der Waals surface area contributed by atoms with Crippen molar-refractivity contribution >= 4 is 27.5 Å². The minimum Gasteiger partial charge on any atom is -0.423 e. The molecule has 15 heavy (non-hydrogen) atoms. The van der Waals surface area contributed by atoms with Crippen LogP contribution in [0.15, 0.2) is 41.1 Å². The molecule has 76 valence electrons. The Labute approximate surface area is 100 Å². The Kier molecular flexibility index (Phi) is 3.18. The van der Waals surface area contributed by atoms with E-state index in [0.29, 0.717) is 10.8 Å². The van der Waals surface area contributed by atoms with E-state index in [4.69, 9.17) is 16.3 Å². The van der Waals surface area contributed by atoms with Crippen LogP contribution in [0.1, 0.15) is 0 Å². The average Bonchev–Trinajstić information content (AvgIpc) is 2.25. The molecule has 3 nitrogen and oxygen atoms in total. The van der Waals surface area contributed by atoms with Crippen LogP contribution in [0.2, 0.25) is 5.02 Å². The predicted octanol–water partition coefficient (Wildman–Crippen LogP) is 3.68. The third kappa shape index (κ3) is 2.67. The zero-order chi connectivity index (χ0) is 10.7. The Hall–Kier alpha value is -1.13. The number of hydrogen-bond donors (Lipinski definition) is 0. The van der Waals surface area contributed by atoms with Crippen molar-refractivity contribution < 1.29 is 4.74 Å². The Morgan fingerprint density at radius 2 is 1.93 bits per heavy atom. The number of benzene rings is 1. The molecular weight excluding hydrogens is 279 g/mol. The summed E-state index contributed by atoms with van der Waals surface area (Å²) in [4.78, 5) is 7.88. The number of hydrogen-bond acceptors (Lipinski definition) is 3. The third-order valence-corrected chi connectivity index (χ3v) is 2.44. The second kappa shape index (κ2) is 4.59. The van der Waals surface area contributed by atoms with E-state index in [2.05, 4.69) is 25.9 Å². The summed E-state index contributed by atoms with van der Waals surface area (Å²) in [5.41, 5.74) is 0. The van der Waals surface area contributed by atoms with Crippen LogP contribution in [0, 0.1) is 0 Å². The van der Waals surface area contributed by atoms with E-state index in [1.807, 2.05) is 6.07 Å². The van der Waals surface area contributed by atoms with Gasteiger partial charge in [0.1, 0.15) is 0 Å². The lowest BCUT2D eigenvalue weighted by atomic mass is 10.3. The van der Waals surface area contributed by atoms with Crippen molar-refractivity contribution in [3.8, 4) is 11.8 Å². The first-order chi connectivity index (χ1) is 7.25. The topological polar surface area (TPSA) is 35.0 Å². The molecule has 0 amide bonds. The fourth-order valence-electron chi connectivity index (χ4n) is 0.992. The molecule has 0 aliphatic rings. The fourth-order valence-corrected chi connectivity index (χ4v) is 1.49. The highest BCUT2D eigenvalue weighted by atomic mass is 79.9. The average molecular weight is 286 g/mol. The van der Waals surface area contributed by atoms with Gasteiger partial charge < -0.3 is 4.74 Å². The molecule has 0 bridgehead atoms. The number of nitrogens with zero attached hydrogens (tertiary/aromatic N) is 2. The molecule has 1 heterocycles. The molecule has 0 fully saturated rings. The van der Waals surface area contributed by atoms with Gasteiger partial charge in [-0.05, 0) is 24.3 Å². The van der Waals surface area contributed by atoms with Crippen molar-refractivity contribution in [3.63, 3.8) is 0 Å². The summed E-state index contributed by atoms with van der Waals surface area (Å²) in [6.07, 6.45) is 3.21. The second-order valence-corrected chi connectivity index (χ2v) is 4.03. The van der Waals surface area contributed by atoms with Gasteiger partial charge in [0, 0.05) is 16.9 Å². The van der Waals surface area contributed by atoms with E-state index in [1.165, 1.54) is 0 Å². The number of ether oxygens (including phenoxy) is 1. The second-order valence-electron chi connectivity index (χ2n) is 2.71. The molecule has 0 saturated carbocycles. The van der Waals surface area contributed by atoms with Crippen LogP contribution in [-0.4, -0.2) is 9.97 Å². The van der Waals surface area contributed by atoms with E-state index in [9.17, 15) is 0 Å². The first-order valence-corrected chi connectivity index (χ1v) is 5.33. The Morgan fingerprint density at radius 1 is 1.20 bits per heavy atom. The van der Waals surface area contributed by atoms with Gasteiger partial charge in [-0.25, -0.2) is 9.97 Å². The Bertz CT molecular complexity index is 464. The van der Waals surface area contributed by atoms with E-state index in [-0.39, 0.29) is 6.01 Å². The summed E-state index contributed by atoms with van der Waals surface area (Å²) in [7, 11) is 0. The summed E-state index contributed by atoms with van der Waals surface area (Å²) in [5.74, 6) is 0.525. The van der Waals surface area contributed by atoms with Gasteiger partial charge >= 0.3 is 6.01 Å². The summed E-state index contributed by atoms with van der Waals surface area (Å²) < 4.78 is 6.29. The molecule has 0 spiro atoms. The van der Waals surface area contributed by atoms with Gasteiger partial charge in [0.05, 0.1) is 5.02 Å². The normalized spacial score (nSPS) is 10.0. The minimum atomic E-state index is 0.275. The Morgan fingerprint density at radius 3 is 2.67 bits per heavy atom. The van der Waals surface area contributed by atoms with Crippen LogP contribution < -0.4 is 4.74 Å². The van der Waals surface area contributed by atoms with E-state index >= 15 is 0 Å². The van der Waals surface area contributed by atoms with Crippen molar-refractivity contribution in [3.05, 3.63) is 46.2 Å². The summed E-state index contributed by atoms with van der Waals surface area (Å²) >= 11 is 9.27. The maximum Gasteiger partial charge on any atom is 0.321 e. The van der Waals surface area contributed by atoms with E-state index in [0.717, 1.165) is 4.47 Å². The van der Waals surface area contributed by atoms with Gasteiger partial charge in [0.15, 0.2) is 5.75 Å². The molecule has 0 N–H and O–H groups in total. The van der Waals surface area contributed by atoms with Crippen molar-refractivity contribution in [2.24, 2.45) is 0 Å². The molecule has 2 aromatic rings. The molecule has 2 rings (SSSR count). The molecule has 0 unspecified atom stereocenters. The van der Waals surface area contributed by atoms with Gasteiger partial charge in [0.2, 0.25) is 0 Å². The van der Waals surface area contributed by atoms with Crippen molar-refractivity contribution in [2.45, 2.75) is 0 Å². The van der Waals surface area contributed by atoms with Crippen LogP contribution in [0.4, 0.5) is 0 Å². The molecule has 1 aromatic heterocycles. The largest absolute Gasteiger partial charge is 0.423 e. The summed E-state index contributed by atoms with van der Waals surface area (Å²) in [6.45, 7) is 0. The zero-order valence-corrected chi connectivity index (χ0v) is 9.86. The van der Waals surface area contributed by atoms with Crippen molar-refractivity contribution in [2.75, 3.05) is 0 Å². The van der Waals surface area contributed by atoms with Crippen LogP contribution in [-0.2, 0) is 0 Å². The lowest BCUT2D eigenvalue weighted by Crippen LogP contribution is -1.90. The maximum atomic E-state index is 5.94. The highest BCUT2D eigenvalue weighted by Gasteiger charge is 2.04. The highest BCUT2D eigenvalue weighted by molar-refractivity contribution is 9.10. The van der Waals surface area contributed by atoms with Crippen molar-refractivity contribution in [1.29, 1.82) is 0 Å². The fraction of sp³-hybridized carbons (Fsp3) is 0. The first kappa shape index (κ1) is 10.4. The third-order valence-electron chi connectivity index (χ3n) is 1.64. The molecule has 0 aliphatic carbocycles. The number of halogens is 2. The van der Waals surface area contributed by atoms with Crippen LogP contribution >= 0.6 is 27.5 Å². The van der Waals surface area contributed by atoms with E-state index < -0.39 is 0 Å². The molecule has 0 aliphatic heterocycles. The van der Waals surface area contributed by atoms with Gasteiger partial charge in [-0.2, -0.15) is 0 Å². The minimum absolute atomic E-state index is 0.275. The van der Waals surface area contributed by atoms with Crippen molar-refractivity contribution in [1.82, 2.24) is 9.97 Å². The number of aromatic nitrogens is 2. The predicted molar refractivity (Wildman–Crippen MR) is 61.3 cm³/mol. The summed E-state index contributed by atoms with van der Waals surface area (Å²) in [5, 5.41) is 0.519. The van der Waals surface area contributed by atoms with Crippen LogP contribution in [0.25, 0.3) is 0 Å². The summed E-state index contributed by atoms with van der Waals surface area (Å²) in [6, 6.07) is 7.33. The molecular formula is C10H6BrClN2O. The molecule has 0 radical (unpaired) electrons. The quantitative estimate of drug-likeness (QED) is 0.844. The van der Waals surface area contributed by atoms with Gasteiger partial charge in [0.25, 0.3) is 0 Å². The Balaban J connectivity index is 2.28. The highest BCUT2D eigenvalue weighted by Crippen LogP contribution is 2.30.